The van der Waals surface area contributed by atoms with Crippen molar-refractivity contribution in [1.29, 1.82) is 0 Å². The molecule has 0 aliphatic carbocycles. The summed E-state index contributed by atoms with van der Waals surface area (Å²) < 4.78 is 0. The van der Waals surface area contributed by atoms with Gasteiger partial charge in [0.25, 0.3) is 0 Å². The van der Waals surface area contributed by atoms with Gasteiger partial charge in [-0.2, -0.15) is 0 Å². The third-order valence-electron chi connectivity index (χ3n) is 0.543. The third kappa shape index (κ3) is 7.84. The first-order valence-electron chi connectivity index (χ1n) is 2.67. The molecule has 0 unspecified atom stereocenters. The second-order valence-corrected chi connectivity index (χ2v) is 2.70. The molecular weight excluding hydrogens is 122 g/mol. The Hall–Kier alpha value is -0.160. The maximum Gasteiger partial charge on any atom is 0.221 e. The minimum atomic E-state index is -2.02. The lowest BCUT2D eigenvalue weighted by Gasteiger charge is -2.27. The molecule has 0 saturated carbocycles. The van der Waals surface area contributed by atoms with Gasteiger partial charge in [0.2, 0.25) is 5.91 Å². The zero-order chi connectivity index (χ0) is 7.71. The summed E-state index contributed by atoms with van der Waals surface area (Å²) in [6.07, 6.45) is 0. The summed E-state index contributed by atoms with van der Waals surface area (Å²) in [6, 6.07) is 0. The highest BCUT2D eigenvalue weighted by atomic mass is 16.5. The van der Waals surface area contributed by atoms with Crippen molar-refractivity contribution < 1.29 is 15.3 Å². The molecule has 0 aromatic heterocycles. The smallest absolute Gasteiger partial charge is 0.221 e. The molecule has 0 rings (SSSR count). The summed E-state index contributed by atoms with van der Waals surface area (Å²) in [5.74, 6) is -2.02. The molecular formula is C5H13NO3. The van der Waals surface area contributed by atoms with Gasteiger partial charge in [-0.1, -0.05) is 0 Å². The third-order valence-corrected chi connectivity index (χ3v) is 0.543. The van der Waals surface area contributed by atoms with Crippen LogP contribution in [0.2, 0.25) is 0 Å². The molecule has 0 atom stereocenters. The average molecular weight is 135 g/mol. The van der Waals surface area contributed by atoms with Crippen LogP contribution in [0.3, 0.4) is 0 Å². The number of rotatable bonds is 2. The minimum Gasteiger partial charge on any atom is -0.376 e. The van der Waals surface area contributed by atoms with E-state index in [0.717, 1.165) is 6.92 Å². The fraction of sp³-hybridized carbons (Fsp3) is 1.00. The van der Waals surface area contributed by atoms with Gasteiger partial charge in [-0.15, -0.1) is 0 Å². The van der Waals surface area contributed by atoms with Crippen molar-refractivity contribution in [3.05, 3.63) is 0 Å². The largest absolute Gasteiger partial charge is 0.376 e. The van der Waals surface area contributed by atoms with E-state index in [4.69, 9.17) is 15.3 Å². The summed E-state index contributed by atoms with van der Waals surface area (Å²) >= 11 is 0. The SMILES string of the molecule is CC(C)(O)NC(C)(O)O. The maximum absolute atomic E-state index is 8.92. The van der Waals surface area contributed by atoms with Gasteiger partial charge < -0.3 is 15.3 Å². The van der Waals surface area contributed by atoms with Gasteiger partial charge >= 0.3 is 0 Å². The summed E-state index contributed by atoms with van der Waals surface area (Å²) in [6.45, 7) is 3.96. The molecule has 0 aliphatic heterocycles. The van der Waals surface area contributed by atoms with Crippen LogP contribution in [0, 0.1) is 0 Å². The van der Waals surface area contributed by atoms with Gasteiger partial charge in [-0.25, -0.2) is 5.32 Å². The molecule has 4 heteroatoms. The zero-order valence-electron chi connectivity index (χ0n) is 5.84. The van der Waals surface area contributed by atoms with Crippen LogP contribution in [0.1, 0.15) is 20.8 Å². The van der Waals surface area contributed by atoms with Crippen LogP contribution in [-0.2, 0) is 0 Å². The molecule has 4 N–H and O–H groups in total. The number of aliphatic hydroxyl groups is 3. The fourth-order valence-corrected chi connectivity index (χ4v) is 0.580. The predicted octanol–water partition coefficient (Wildman–Crippen LogP) is -1.04. The first kappa shape index (κ1) is 8.84. The van der Waals surface area contributed by atoms with E-state index in [1.54, 1.807) is 0 Å². The molecule has 56 valence electrons. The number of nitrogens with one attached hydrogen (secondary N) is 1. The van der Waals surface area contributed by atoms with Crippen molar-refractivity contribution in [3.8, 4) is 0 Å². The Balaban J connectivity index is 3.75. The Morgan fingerprint density at radius 3 is 1.33 bits per heavy atom. The molecule has 0 saturated heterocycles. The lowest BCUT2D eigenvalue weighted by atomic mass is 10.3. The molecule has 0 spiro atoms. The number of hydrogen-bond acceptors (Lipinski definition) is 4. The van der Waals surface area contributed by atoms with E-state index in [-0.39, 0.29) is 0 Å². The Bertz CT molecular complexity index is 77.4. The second kappa shape index (κ2) is 2.22. The van der Waals surface area contributed by atoms with Crippen LogP contribution in [0.15, 0.2) is 0 Å². The van der Waals surface area contributed by atoms with Gasteiger partial charge in [-0.3, -0.25) is 0 Å². The van der Waals surface area contributed by atoms with Crippen molar-refractivity contribution in [2.24, 2.45) is 0 Å². The highest BCUT2D eigenvalue weighted by molar-refractivity contribution is 4.65. The van der Waals surface area contributed by atoms with Gasteiger partial charge in [-0.05, 0) is 13.8 Å². The van der Waals surface area contributed by atoms with Crippen LogP contribution >= 0.6 is 0 Å². The van der Waals surface area contributed by atoms with E-state index >= 15 is 0 Å². The summed E-state index contributed by atoms with van der Waals surface area (Å²) in [5.41, 5.74) is -1.27. The molecule has 0 aromatic carbocycles. The second-order valence-electron chi connectivity index (χ2n) is 2.70. The monoisotopic (exact) mass is 135 g/mol. The van der Waals surface area contributed by atoms with Gasteiger partial charge in [0.15, 0.2) is 0 Å². The Morgan fingerprint density at radius 2 is 1.33 bits per heavy atom. The molecule has 9 heavy (non-hydrogen) atoms. The van der Waals surface area contributed by atoms with Crippen LogP contribution in [0.25, 0.3) is 0 Å². The Labute approximate surface area is 54.1 Å². The molecule has 0 amide bonds. The average Bonchev–Trinajstić information content (AvgIpc) is 1.14. The van der Waals surface area contributed by atoms with Gasteiger partial charge in [0, 0.05) is 6.92 Å². The quantitative estimate of drug-likeness (QED) is 0.365. The van der Waals surface area contributed by atoms with Crippen LogP contribution in [0.4, 0.5) is 0 Å². The standard InChI is InChI=1S/C5H13NO3/c1-4(2,7)6-5(3,8)9/h6-9H,1-3H3. The van der Waals surface area contributed by atoms with Crippen LogP contribution in [-0.4, -0.2) is 27.0 Å². The van der Waals surface area contributed by atoms with Crippen molar-refractivity contribution in [3.63, 3.8) is 0 Å². The van der Waals surface area contributed by atoms with Gasteiger partial charge in [0.1, 0.15) is 5.72 Å². The molecule has 0 bridgehead atoms. The summed E-state index contributed by atoms with van der Waals surface area (Å²) in [5, 5.41) is 28.3. The van der Waals surface area contributed by atoms with Crippen molar-refractivity contribution in [2.45, 2.75) is 32.4 Å². The molecule has 0 aromatic rings. The van der Waals surface area contributed by atoms with Gasteiger partial charge in [0.05, 0.1) is 0 Å². The zero-order valence-corrected chi connectivity index (χ0v) is 5.84. The Kier molecular flexibility index (Phi) is 2.19. The number of hydrogen-bond donors (Lipinski definition) is 4. The van der Waals surface area contributed by atoms with E-state index in [2.05, 4.69) is 5.32 Å². The Morgan fingerprint density at radius 1 is 1.00 bits per heavy atom. The van der Waals surface area contributed by atoms with Crippen LogP contribution < -0.4 is 5.32 Å². The van der Waals surface area contributed by atoms with E-state index in [0.29, 0.717) is 0 Å². The molecule has 0 radical (unpaired) electrons. The van der Waals surface area contributed by atoms with Crippen molar-refractivity contribution in [1.82, 2.24) is 5.32 Å². The van der Waals surface area contributed by atoms with E-state index in [1.165, 1.54) is 13.8 Å². The molecule has 0 aliphatic rings. The maximum atomic E-state index is 8.92. The topological polar surface area (TPSA) is 72.7 Å². The molecule has 4 nitrogen and oxygen atoms in total. The lowest BCUT2D eigenvalue weighted by Crippen LogP contribution is -2.53. The predicted molar refractivity (Wildman–Crippen MR) is 32.3 cm³/mol. The highest BCUT2D eigenvalue weighted by Gasteiger charge is 2.23. The minimum absolute atomic E-state index is 1.13. The highest BCUT2D eigenvalue weighted by Crippen LogP contribution is 2.00. The summed E-state index contributed by atoms with van der Waals surface area (Å²) in [4.78, 5) is 0. The van der Waals surface area contributed by atoms with Crippen molar-refractivity contribution in [2.75, 3.05) is 0 Å². The van der Waals surface area contributed by atoms with Crippen molar-refractivity contribution >= 4 is 0 Å². The van der Waals surface area contributed by atoms with Crippen LogP contribution in [0.5, 0.6) is 0 Å². The lowest BCUT2D eigenvalue weighted by molar-refractivity contribution is -0.207. The first-order valence-corrected chi connectivity index (χ1v) is 2.67. The van der Waals surface area contributed by atoms with E-state index < -0.39 is 11.6 Å². The molecule has 0 fully saturated rings. The van der Waals surface area contributed by atoms with E-state index in [1.807, 2.05) is 0 Å². The normalized spacial score (nSPS) is 14.0. The summed E-state index contributed by atoms with van der Waals surface area (Å²) in [7, 11) is 0. The van der Waals surface area contributed by atoms with E-state index in [9.17, 15) is 0 Å². The molecule has 0 heterocycles. The fourth-order valence-electron chi connectivity index (χ4n) is 0.580. The first-order chi connectivity index (χ1) is 3.71.